The molecule has 0 radical (unpaired) electrons. The van der Waals surface area contributed by atoms with Crippen LogP contribution in [-0.4, -0.2) is 35.8 Å². The van der Waals surface area contributed by atoms with E-state index in [1.165, 1.54) is 4.90 Å². The molecule has 0 spiro atoms. The molecule has 0 bridgehead atoms. The first kappa shape index (κ1) is 17.7. The van der Waals surface area contributed by atoms with Crippen molar-refractivity contribution in [1.82, 2.24) is 9.88 Å². The molecule has 0 saturated heterocycles. The molecule has 2 N–H and O–H groups in total. The number of para-hydroxylation sites is 1. The third-order valence-electron chi connectivity index (χ3n) is 4.81. The largest absolute Gasteiger partial charge is 0.358 e. The topological polar surface area (TPSA) is 65.2 Å². The SMILES string of the molecule is Cc1[nH]c2c(C(=O)Nc3cccc(C(=O)N(C)C)c3C)cccc2c1C. The number of benzene rings is 2. The average molecular weight is 349 g/mol. The molecule has 0 aliphatic heterocycles. The monoisotopic (exact) mass is 349 g/mol. The number of carbonyl (C=O) groups excluding carboxylic acids is 2. The van der Waals surface area contributed by atoms with Gasteiger partial charge >= 0.3 is 0 Å². The minimum Gasteiger partial charge on any atom is -0.358 e. The van der Waals surface area contributed by atoms with Crippen molar-refractivity contribution in [3.8, 4) is 0 Å². The molecule has 3 aromatic rings. The van der Waals surface area contributed by atoms with Crippen molar-refractivity contribution in [2.24, 2.45) is 0 Å². The molecular formula is C21H23N3O2. The van der Waals surface area contributed by atoms with Crippen molar-refractivity contribution in [2.45, 2.75) is 20.8 Å². The number of anilines is 1. The van der Waals surface area contributed by atoms with E-state index in [9.17, 15) is 9.59 Å². The highest BCUT2D eigenvalue weighted by Crippen LogP contribution is 2.26. The Kier molecular flexibility index (Phi) is 4.55. The van der Waals surface area contributed by atoms with Crippen molar-refractivity contribution in [1.29, 1.82) is 0 Å². The summed E-state index contributed by atoms with van der Waals surface area (Å²) in [5.41, 5.74) is 5.59. The fourth-order valence-corrected chi connectivity index (χ4v) is 3.11. The first-order chi connectivity index (χ1) is 12.3. The fourth-order valence-electron chi connectivity index (χ4n) is 3.11. The van der Waals surface area contributed by atoms with E-state index >= 15 is 0 Å². The minimum absolute atomic E-state index is 0.0867. The van der Waals surface area contributed by atoms with Gasteiger partial charge in [-0.25, -0.2) is 0 Å². The summed E-state index contributed by atoms with van der Waals surface area (Å²) in [6.07, 6.45) is 0. The minimum atomic E-state index is -0.200. The number of rotatable bonds is 3. The summed E-state index contributed by atoms with van der Waals surface area (Å²) in [7, 11) is 3.42. The molecule has 1 aromatic heterocycles. The zero-order chi connectivity index (χ0) is 19.0. The highest BCUT2D eigenvalue weighted by atomic mass is 16.2. The van der Waals surface area contributed by atoms with Crippen molar-refractivity contribution < 1.29 is 9.59 Å². The van der Waals surface area contributed by atoms with Crippen LogP contribution in [0.4, 0.5) is 5.69 Å². The number of hydrogen-bond donors (Lipinski definition) is 2. The Bertz CT molecular complexity index is 1020. The molecule has 2 aromatic carbocycles. The molecule has 0 fully saturated rings. The molecule has 0 aliphatic rings. The lowest BCUT2D eigenvalue weighted by Crippen LogP contribution is -2.23. The summed E-state index contributed by atoms with van der Waals surface area (Å²) in [5.74, 6) is -0.286. The number of aromatic amines is 1. The Labute approximate surface area is 153 Å². The van der Waals surface area contributed by atoms with Crippen molar-refractivity contribution in [3.05, 3.63) is 64.3 Å². The second kappa shape index (κ2) is 6.67. The normalized spacial score (nSPS) is 10.8. The van der Waals surface area contributed by atoms with E-state index in [2.05, 4.69) is 10.3 Å². The Morgan fingerprint density at radius 1 is 0.923 bits per heavy atom. The van der Waals surface area contributed by atoms with E-state index in [4.69, 9.17) is 0 Å². The van der Waals surface area contributed by atoms with Gasteiger partial charge in [0.25, 0.3) is 11.8 Å². The van der Waals surface area contributed by atoms with Gasteiger partial charge in [0.1, 0.15) is 0 Å². The summed E-state index contributed by atoms with van der Waals surface area (Å²) in [6, 6.07) is 11.1. The number of nitrogens with zero attached hydrogens (tertiary/aromatic N) is 1. The third-order valence-corrected chi connectivity index (χ3v) is 4.81. The maximum Gasteiger partial charge on any atom is 0.257 e. The van der Waals surface area contributed by atoms with E-state index < -0.39 is 0 Å². The van der Waals surface area contributed by atoms with Crippen LogP contribution in [0, 0.1) is 20.8 Å². The van der Waals surface area contributed by atoms with Gasteiger partial charge in [-0.2, -0.15) is 0 Å². The second-order valence-electron chi connectivity index (χ2n) is 6.73. The van der Waals surface area contributed by atoms with Gasteiger partial charge in [-0.05, 0) is 50.1 Å². The Balaban J connectivity index is 1.98. The van der Waals surface area contributed by atoms with E-state index in [1.54, 1.807) is 32.3 Å². The van der Waals surface area contributed by atoms with Crippen molar-refractivity contribution in [2.75, 3.05) is 19.4 Å². The average Bonchev–Trinajstić information content (AvgIpc) is 2.90. The number of nitrogens with one attached hydrogen (secondary N) is 2. The number of hydrogen-bond acceptors (Lipinski definition) is 2. The molecule has 0 saturated carbocycles. The molecule has 0 atom stereocenters. The fraction of sp³-hybridized carbons (Fsp3) is 0.238. The molecule has 0 aliphatic carbocycles. The van der Waals surface area contributed by atoms with Gasteiger partial charge in [-0.15, -0.1) is 0 Å². The zero-order valence-electron chi connectivity index (χ0n) is 15.7. The maximum atomic E-state index is 12.9. The predicted octanol–water partition coefficient (Wildman–Crippen LogP) is 4.05. The van der Waals surface area contributed by atoms with Gasteiger partial charge in [0, 0.05) is 36.4 Å². The van der Waals surface area contributed by atoms with Crippen LogP contribution in [-0.2, 0) is 0 Å². The zero-order valence-corrected chi connectivity index (χ0v) is 15.7. The Morgan fingerprint density at radius 3 is 2.27 bits per heavy atom. The van der Waals surface area contributed by atoms with E-state index in [0.717, 1.165) is 27.7 Å². The molecule has 2 amide bonds. The quantitative estimate of drug-likeness (QED) is 0.749. The highest BCUT2D eigenvalue weighted by Gasteiger charge is 2.17. The van der Waals surface area contributed by atoms with Crippen LogP contribution in [0.5, 0.6) is 0 Å². The number of aromatic nitrogens is 1. The number of carbonyl (C=O) groups is 2. The molecule has 1 heterocycles. The molecule has 26 heavy (non-hydrogen) atoms. The van der Waals surface area contributed by atoms with Gasteiger partial charge in [0.05, 0.1) is 11.1 Å². The maximum absolute atomic E-state index is 12.9. The second-order valence-corrected chi connectivity index (χ2v) is 6.73. The number of aryl methyl sites for hydroxylation is 2. The molecule has 5 nitrogen and oxygen atoms in total. The van der Waals surface area contributed by atoms with Gasteiger partial charge in [-0.3, -0.25) is 9.59 Å². The van der Waals surface area contributed by atoms with E-state index in [1.807, 2.05) is 39.0 Å². The van der Waals surface area contributed by atoms with Crippen LogP contribution in [0.2, 0.25) is 0 Å². The number of amides is 2. The molecule has 5 heteroatoms. The summed E-state index contributed by atoms with van der Waals surface area (Å²) < 4.78 is 0. The van der Waals surface area contributed by atoms with Crippen LogP contribution in [0.1, 0.15) is 37.5 Å². The lowest BCUT2D eigenvalue weighted by Gasteiger charge is -2.15. The Hall–Kier alpha value is -3.08. The highest BCUT2D eigenvalue weighted by molar-refractivity contribution is 6.13. The third kappa shape index (κ3) is 2.96. The lowest BCUT2D eigenvalue weighted by molar-refractivity contribution is 0.0826. The van der Waals surface area contributed by atoms with Crippen LogP contribution in [0.25, 0.3) is 10.9 Å². The van der Waals surface area contributed by atoms with Crippen LogP contribution in [0.15, 0.2) is 36.4 Å². The number of H-pyrrole nitrogens is 1. The standard InChI is InChI=1S/C21H23N3O2/c1-12-14(3)22-19-15(12)8-6-10-17(19)20(25)23-18-11-7-9-16(13(18)2)21(26)24(4)5/h6-11,22H,1-5H3,(H,23,25). The summed E-state index contributed by atoms with van der Waals surface area (Å²) in [6.45, 7) is 5.88. The van der Waals surface area contributed by atoms with Gasteiger partial charge in [-0.1, -0.05) is 18.2 Å². The predicted molar refractivity (Wildman–Crippen MR) is 105 cm³/mol. The molecular weight excluding hydrogens is 326 g/mol. The smallest absolute Gasteiger partial charge is 0.257 e. The lowest BCUT2D eigenvalue weighted by atomic mass is 10.0. The van der Waals surface area contributed by atoms with E-state index in [0.29, 0.717) is 16.8 Å². The van der Waals surface area contributed by atoms with Crippen LogP contribution >= 0.6 is 0 Å². The molecule has 0 unspecified atom stereocenters. The van der Waals surface area contributed by atoms with Gasteiger partial charge < -0.3 is 15.2 Å². The first-order valence-corrected chi connectivity index (χ1v) is 8.51. The molecule has 134 valence electrons. The molecule has 3 rings (SSSR count). The first-order valence-electron chi connectivity index (χ1n) is 8.51. The van der Waals surface area contributed by atoms with Crippen LogP contribution in [0.3, 0.4) is 0 Å². The number of fused-ring (bicyclic) bond motifs is 1. The van der Waals surface area contributed by atoms with Crippen molar-refractivity contribution >= 4 is 28.4 Å². The van der Waals surface area contributed by atoms with Crippen LogP contribution < -0.4 is 5.32 Å². The summed E-state index contributed by atoms with van der Waals surface area (Å²) >= 11 is 0. The summed E-state index contributed by atoms with van der Waals surface area (Å²) in [5, 5.41) is 4.00. The van der Waals surface area contributed by atoms with Gasteiger partial charge in [0.15, 0.2) is 0 Å². The Morgan fingerprint density at radius 2 is 1.58 bits per heavy atom. The van der Waals surface area contributed by atoms with Gasteiger partial charge in [0.2, 0.25) is 0 Å². The van der Waals surface area contributed by atoms with E-state index in [-0.39, 0.29) is 11.8 Å². The van der Waals surface area contributed by atoms with Crippen molar-refractivity contribution in [3.63, 3.8) is 0 Å². The summed E-state index contributed by atoms with van der Waals surface area (Å²) in [4.78, 5) is 30.0.